The van der Waals surface area contributed by atoms with Gasteiger partial charge in [0.25, 0.3) is 0 Å². The largest absolute Gasteiger partial charge is 0.316 e. The van der Waals surface area contributed by atoms with E-state index in [2.05, 4.69) is 10.0 Å². The van der Waals surface area contributed by atoms with Crippen molar-refractivity contribution in [2.24, 2.45) is 0 Å². The van der Waals surface area contributed by atoms with Gasteiger partial charge in [0.05, 0.1) is 4.90 Å². The fourth-order valence-corrected chi connectivity index (χ4v) is 3.13. The maximum absolute atomic E-state index is 13.8. The molecule has 0 aromatic heterocycles. The Morgan fingerprint density at radius 1 is 1.32 bits per heavy atom. The highest BCUT2D eigenvalue weighted by Crippen LogP contribution is 2.20. The summed E-state index contributed by atoms with van der Waals surface area (Å²) in [7, 11) is -1.92. The second kappa shape index (κ2) is 6.98. The van der Waals surface area contributed by atoms with Gasteiger partial charge in [0, 0.05) is 18.7 Å². The number of nitrogens with one attached hydrogen (secondary N) is 2. The first-order chi connectivity index (χ1) is 8.92. The summed E-state index contributed by atoms with van der Waals surface area (Å²) in [4.78, 5) is 0.0221. The molecule has 4 nitrogen and oxygen atoms in total. The lowest BCUT2D eigenvalue weighted by atomic mass is 10.1. The number of rotatable bonds is 7. The Bertz CT molecular complexity index is 530. The van der Waals surface area contributed by atoms with E-state index in [0.717, 1.165) is 12.8 Å². The minimum absolute atomic E-state index is 0.0221. The SMILES string of the molecule is CCCCNS(=O)(=O)c1cc(CNC)cc(F)c1C. The highest BCUT2D eigenvalue weighted by atomic mass is 32.2. The van der Waals surface area contributed by atoms with Gasteiger partial charge in [-0.25, -0.2) is 17.5 Å². The van der Waals surface area contributed by atoms with Gasteiger partial charge in [-0.05, 0) is 38.1 Å². The van der Waals surface area contributed by atoms with Crippen molar-refractivity contribution in [3.8, 4) is 0 Å². The van der Waals surface area contributed by atoms with Crippen molar-refractivity contribution >= 4 is 10.0 Å². The molecule has 1 aromatic carbocycles. The Labute approximate surface area is 114 Å². The molecule has 19 heavy (non-hydrogen) atoms. The van der Waals surface area contributed by atoms with Crippen LogP contribution in [-0.2, 0) is 16.6 Å². The number of hydrogen-bond donors (Lipinski definition) is 2. The average molecular weight is 288 g/mol. The molecule has 6 heteroatoms. The minimum atomic E-state index is -3.64. The number of benzene rings is 1. The van der Waals surface area contributed by atoms with E-state index < -0.39 is 15.8 Å². The lowest BCUT2D eigenvalue weighted by Crippen LogP contribution is -2.26. The van der Waals surface area contributed by atoms with Gasteiger partial charge in [-0.3, -0.25) is 0 Å². The van der Waals surface area contributed by atoms with Gasteiger partial charge < -0.3 is 5.32 Å². The van der Waals surface area contributed by atoms with Crippen LogP contribution >= 0.6 is 0 Å². The van der Waals surface area contributed by atoms with Crippen molar-refractivity contribution in [2.75, 3.05) is 13.6 Å². The second-order valence-electron chi connectivity index (χ2n) is 4.48. The topological polar surface area (TPSA) is 58.2 Å². The zero-order valence-electron chi connectivity index (χ0n) is 11.6. The van der Waals surface area contributed by atoms with E-state index in [1.165, 1.54) is 19.1 Å². The molecule has 0 aliphatic heterocycles. The van der Waals surface area contributed by atoms with E-state index in [9.17, 15) is 12.8 Å². The predicted octanol–water partition coefficient (Wildman–Crippen LogP) is 1.93. The number of halogens is 1. The molecule has 0 bridgehead atoms. The normalized spacial score (nSPS) is 11.8. The molecular weight excluding hydrogens is 267 g/mol. The first-order valence-corrected chi connectivity index (χ1v) is 7.84. The molecule has 0 atom stereocenters. The summed E-state index contributed by atoms with van der Waals surface area (Å²) in [6.45, 7) is 4.25. The van der Waals surface area contributed by atoms with E-state index >= 15 is 0 Å². The van der Waals surface area contributed by atoms with Crippen LogP contribution in [0, 0.1) is 12.7 Å². The summed E-state index contributed by atoms with van der Waals surface area (Å²) >= 11 is 0. The molecule has 0 aliphatic rings. The van der Waals surface area contributed by atoms with E-state index in [1.54, 1.807) is 7.05 Å². The number of hydrogen-bond acceptors (Lipinski definition) is 3. The molecule has 108 valence electrons. The summed E-state index contributed by atoms with van der Waals surface area (Å²) in [6.07, 6.45) is 1.66. The molecular formula is C13H21FN2O2S. The highest BCUT2D eigenvalue weighted by molar-refractivity contribution is 7.89. The van der Waals surface area contributed by atoms with Crippen LogP contribution < -0.4 is 10.0 Å². The smallest absolute Gasteiger partial charge is 0.240 e. The van der Waals surface area contributed by atoms with Crippen LogP contribution in [0.5, 0.6) is 0 Å². The van der Waals surface area contributed by atoms with Crippen LogP contribution in [0.2, 0.25) is 0 Å². The molecule has 1 rings (SSSR count). The third-order valence-electron chi connectivity index (χ3n) is 2.85. The first-order valence-electron chi connectivity index (χ1n) is 6.35. The van der Waals surface area contributed by atoms with Crippen molar-refractivity contribution in [1.29, 1.82) is 0 Å². The molecule has 0 spiro atoms. The molecule has 2 N–H and O–H groups in total. The fraction of sp³-hybridized carbons (Fsp3) is 0.538. The molecule has 0 saturated carbocycles. The lowest BCUT2D eigenvalue weighted by Gasteiger charge is -2.12. The zero-order valence-corrected chi connectivity index (χ0v) is 12.4. The number of sulfonamides is 1. The third-order valence-corrected chi connectivity index (χ3v) is 4.44. The van der Waals surface area contributed by atoms with Crippen LogP contribution in [-0.4, -0.2) is 22.0 Å². The Balaban J connectivity index is 3.10. The van der Waals surface area contributed by atoms with Crippen molar-refractivity contribution < 1.29 is 12.8 Å². The van der Waals surface area contributed by atoms with E-state index in [4.69, 9.17) is 0 Å². The average Bonchev–Trinajstić information content (AvgIpc) is 2.34. The Morgan fingerprint density at radius 3 is 2.58 bits per heavy atom. The van der Waals surface area contributed by atoms with Crippen molar-refractivity contribution in [3.63, 3.8) is 0 Å². The molecule has 0 unspecified atom stereocenters. The van der Waals surface area contributed by atoms with Gasteiger partial charge in [-0.1, -0.05) is 13.3 Å². The summed E-state index contributed by atoms with van der Waals surface area (Å²) in [5, 5.41) is 2.88. The number of unbranched alkanes of at least 4 members (excludes halogenated alkanes) is 1. The molecule has 0 heterocycles. The van der Waals surface area contributed by atoms with Crippen LogP contribution in [0.1, 0.15) is 30.9 Å². The third kappa shape index (κ3) is 4.26. The van der Waals surface area contributed by atoms with E-state index in [1.807, 2.05) is 6.92 Å². The predicted molar refractivity (Wildman–Crippen MR) is 74.0 cm³/mol. The highest BCUT2D eigenvalue weighted by Gasteiger charge is 2.19. The molecule has 0 aliphatic carbocycles. The van der Waals surface area contributed by atoms with Gasteiger partial charge in [0.2, 0.25) is 10.0 Å². The van der Waals surface area contributed by atoms with Crippen molar-refractivity contribution in [3.05, 3.63) is 29.1 Å². The van der Waals surface area contributed by atoms with Crippen molar-refractivity contribution in [1.82, 2.24) is 10.0 Å². The first kappa shape index (κ1) is 16.1. The lowest BCUT2D eigenvalue weighted by molar-refractivity contribution is 0.570. The molecule has 0 radical (unpaired) electrons. The Hall–Kier alpha value is -0.980. The maximum atomic E-state index is 13.8. The van der Waals surface area contributed by atoms with Gasteiger partial charge >= 0.3 is 0 Å². The summed E-state index contributed by atoms with van der Waals surface area (Å²) in [6, 6.07) is 2.88. The van der Waals surface area contributed by atoms with Crippen LogP contribution in [0.15, 0.2) is 17.0 Å². The monoisotopic (exact) mass is 288 g/mol. The van der Waals surface area contributed by atoms with Gasteiger partial charge in [0.15, 0.2) is 0 Å². The summed E-state index contributed by atoms with van der Waals surface area (Å²) < 4.78 is 40.5. The quantitative estimate of drug-likeness (QED) is 0.754. The van der Waals surface area contributed by atoms with Crippen LogP contribution in [0.25, 0.3) is 0 Å². The molecule has 0 fully saturated rings. The van der Waals surface area contributed by atoms with E-state index in [0.29, 0.717) is 18.7 Å². The Kier molecular flexibility index (Phi) is 5.90. The minimum Gasteiger partial charge on any atom is -0.316 e. The standard InChI is InChI=1S/C13H21FN2O2S/c1-4-5-6-16-19(17,18)13-8-11(9-15-3)7-12(14)10(13)2/h7-8,15-16H,4-6,9H2,1-3H3. The Morgan fingerprint density at radius 2 is 2.00 bits per heavy atom. The van der Waals surface area contributed by atoms with Crippen LogP contribution in [0.4, 0.5) is 4.39 Å². The fourth-order valence-electron chi connectivity index (χ4n) is 1.75. The second-order valence-corrected chi connectivity index (χ2v) is 6.22. The maximum Gasteiger partial charge on any atom is 0.240 e. The van der Waals surface area contributed by atoms with Crippen LogP contribution in [0.3, 0.4) is 0 Å². The summed E-state index contributed by atoms with van der Waals surface area (Å²) in [5.41, 5.74) is 0.769. The summed E-state index contributed by atoms with van der Waals surface area (Å²) in [5.74, 6) is -0.497. The molecule has 1 aromatic rings. The van der Waals surface area contributed by atoms with Crippen molar-refractivity contribution in [2.45, 2.75) is 38.1 Å². The van der Waals surface area contributed by atoms with E-state index in [-0.39, 0.29) is 10.5 Å². The zero-order chi connectivity index (χ0) is 14.5. The van der Waals surface area contributed by atoms with Gasteiger partial charge in [-0.15, -0.1) is 0 Å². The van der Waals surface area contributed by atoms with Gasteiger partial charge in [0.1, 0.15) is 5.82 Å². The molecule has 0 saturated heterocycles. The van der Waals surface area contributed by atoms with Gasteiger partial charge in [-0.2, -0.15) is 0 Å². The molecule has 0 amide bonds.